The van der Waals surface area contributed by atoms with Gasteiger partial charge in [0.25, 0.3) is 5.92 Å². The Labute approximate surface area is 223 Å². The zero-order valence-electron chi connectivity index (χ0n) is 21.5. The number of aromatic nitrogens is 4. The molecule has 3 aromatic rings. The van der Waals surface area contributed by atoms with Gasteiger partial charge in [-0.2, -0.15) is 0 Å². The Morgan fingerprint density at radius 1 is 1.08 bits per heavy atom. The number of fused-ring (bicyclic) bond motifs is 1. The molecule has 0 radical (unpaired) electrons. The van der Waals surface area contributed by atoms with Crippen LogP contribution in [0.3, 0.4) is 0 Å². The van der Waals surface area contributed by atoms with Crippen molar-refractivity contribution >= 4 is 28.6 Å². The van der Waals surface area contributed by atoms with Crippen LogP contribution in [-0.2, 0) is 17.9 Å². The molecule has 2 aromatic heterocycles. The maximum atomic E-state index is 15.5. The van der Waals surface area contributed by atoms with Gasteiger partial charge in [0.2, 0.25) is 5.91 Å². The number of alkyl halides is 2. The minimum Gasteiger partial charge on any atom is -0.382 e. The fourth-order valence-corrected chi connectivity index (χ4v) is 5.67. The first-order valence-electron chi connectivity index (χ1n) is 13.3. The van der Waals surface area contributed by atoms with Crippen molar-refractivity contribution < 1.29 is 18.0 Å². The number of imidazole rings is 1. The van der Waals surface area contributed by atoms with E-state index in [1.54, 1.807) is 21.9 Å². The molecule has 5 N–H and O–H groups in total. The predicted octanol–water partition coefficient (Wildman–Crippen LogP) is 2.01. The number of carbonyl (C=O) groups excluding carboxylic acids is 1. The maximum Gasteiger partial charge on any atom is 0.260 e. The standard InChI is InChI=1S/C26H32F3N9O/c27-19-4-5-20(37-9-7-25(31,12-37)24(39)35-16-2-3-16)18(17(19)10-36-8-1-6-26(28,29)13-36)11-38-15-34-21-22(30)32-14-33-23(21)38/h4-5,14-16H,1-3,6-13,31H2,(H,35,39)(H2,30,32,33). The number of anilines is 2. The summed E-state index contributed by atoms with van der Waals surface area (Å²) in [6, 6.07) is 3.22. The second-order valence-electron chi connectivity index (χ2n) is 11.1. The summed E-state index contributed by atoms with van der Waals surface area (Å²) in [7, 11) is 0. The molecule has 1 unspecified atom stereocenters. The van der Waals surface area contributed by atoms with E-state index in [0.717, 1.165) is 12.8 Å². The molecule has 1 saturated carbocycles. The number of benzene rings is 1. The van der Waals surface area contributed by atoms with E-state index in [-0.39, 0.29) is 43.8 Å². The lowest BCUT2D eigenvalue weighted by Crippen LogP contribution is -2.56. The minimum atomic E-state index is -2.81. The number of likely N-dealkylation sites (tertiary alicyclic amines) is 1. The largest absolute Gasteiger partial charge is 0.382 e. The summed E-state index contributed by atoms with van der Waals surface area (Å²) in [5.74, 6) is -3.25. The van der Waals surface area contributed by atoms with Crippen LogP contribution < -0.4 is 21.7 Å². The van der Waals surface area contributed by atoms with Gasteiger partial charge in [-0.05, 0) is 44.4 Å². The van der Waals surface area contributed by atoms with Crippen molar-refractivity contribution in [3.05, 3.63) is 41.7 Å². The Kier molecular flexibility index (Phi) is 6.37. The Hall–Kier alpha value is -3.45. The summed E-state index contributed by atoms with van der Waals surface area (Å²) < 4.78 is 45.7. The molecule has 1 aliphatic carbocycles. The lowest BCUT2D eigenvalue weighted by Gasteiger charge is -2.34. The van der Waals surface area contributed by atoms with E-state index in [4.69, 9.17) is 11.5 Å². The average Bonchev–Trinajstić information content (AvgIpc) is 3.46. The molecule has 2 aliphatic heterocycles. The highest BCUT2D eigenvalue weighted by Gasteiger charge is 2.44. The molecular weight excluding hydrogens is 511 g/mol. The Morgan fingerprint density at radius 3 is 2.67 bits per heavy atom. The Morgan fingerprint density at radius 2 is 1.90 bits per heavy atom. The third-order valence-corrected chi connectivity index (χ3v) is 7.97. The summed E-state index contributed by atoms with van der Waals surface area (Å²) in [6.45, 7) is 0.970. The van der Waals surface area contributed by atoms with Crippen LogP contribution in [0.4, 0.5) is 24.7 Å². The first-order chi connectivity index (χ1) is 18.6. The number of nitrogen functional groups attached to an aromatic ring is 1. The van der Waals surface area contributed by atoms with Crippen LogP contribution in [-0.4, -0.2) is 74.0 Å². The molecule has 2 saturated heterocycles. The number of carbonyl (C=O) groups is 1. The number of rotatable bonds is 7. The molecule has 0 spiro atoms. The highest BCUT2D eigenvalue weighted by Crippen LogP contribution is 2.35. The van der Waals surface area contributed by atoms with E-state index in [1.165, 1.54) is 12.4 Å². The van der Waals surface area contributed by atoms with Crippen LogP contribution in [0, 0.1) is 5.82 Å². The van der Waals surface area contributed by atoms with Crippen LogP contribution in [0.25, 0.3) is 11.2 Å². The summed E-state index contributed by atoms with van der Waals surface area (Å²) in [5, 5.41) is 3.00. The van der Waals surface area contributed by atoms with Crippen LogP contribution >= 0.6 is 0 Å². The number of nitrogens with zero attached hydrogens (tertiary/aromatic N) is 6. The van der Waals surface area contributed by atoms with Crippen molar-refractivity contribution in [2.45, 2.75) is 62.7 Å². The van der Waals surface area contributed by atoms with E-state index >= 15 is 4.39 Å². The van der Waals surface area contributed by atoms with Gasteiger partial charge in [0.15, 0.2) is 11.5 Å². The predicted molar refractivity (Wildman–Crippen MR) is 140 cm³/mol. The highest BCUT2D eigenvalue weighted by atomic mass is 19.3. The summed E-state index contributed by atoms with van der Waals surface area (Å²) in [5.41, 5.74) is 14.0. The summed E-state index contributed by atoms with van der Waals surface area (Å²) in [6.07, 6.45) is 5.41. The van der Waals surface area contributed by atoms with Crippen LogP contribution in [0.2, 0.25) is 0 Å². The molecule has 1 atom stereocenters. The number of piperidine rings is 1. The first-order valence-corrected chi connectivity index (χ1v) is 13.3. The monoisotopic (exact) mass is 543 g/mol. The molecule has 208 valence electrons. The number of hydrogen-bond donors (Lipinski definition) is 3. The fourth-order valence-electron chi connectivity index (χ4n) is 5.67. The fraction of sp³-hybridized carbons (Fsp3) is 0.538. The third-order valence-electron chi connectivity index (χ3n) is 7.97. The van der Waals surface area contributed by atoms with Crippen LogP contribution in [0.5, 0.6) is 0 Å². The second kappa shape index (κ2) is 9.63. The lowest BCUT2D eigenvalue weighted by atomic mass is 9.98. The molecule has 3 fully saturated rings. The molecule has 39 heavy (non-hydrogen) atoms. The molecular formula is C26H32F3N9O. The average molecular weight is 544 g/mol. The molecule has 1 aromatic carbocycles. The van der Waals surface area contributed by atoms with Gasteiger partial charge in [-0.3, -0.25) is 9.69 Å². The molecule has 10 nitrogen and oxygen atoms in total. The van der Waals surface area contributed by atoms with Gasteiger partial charge in [0.05, 0.1) is 19.4 Å². The van der Waals surface area contributed by atoms with E-state index in [1.807, 2.05) is 4.90 Å². The second-order valence-corrected chi connectivity index (χ2v) is 11.1. The number of halogens is 3. The van der Waals surface area contributed by atoms with Gasteiger partial charge in [0.1, 0.15) is 23.2 Å². The van der Waals surface area contributed by atoms with E-state index in [0.29, 0.717) is 53.9 Å². The number of hydrogen-bond acceptors (Lipinski definition) is 8. The number of nitrogens with two attached hydrogens (primary N) is 2. The Balaban J connectivity index is 1.37. The zero-order chi connectivity index (χ0) is 27.4. The summed E-state index contributed by atoms with van der Waals surface area (Å²) >= 11 is 0. The van der Waals surface area contributed by atoms with Crippen LogP contribution in [0.1, 0.15) is 43.2 Å². The maximum absolute atomic E-state index is 15.5. The van der Waals surface area contributed by atoms with Crippen molar-refractivity contribution in [3.8, 4) is 0 Å². The van der Waals surface area contributed by atoms with Gasteiger partial charge in [-0.15, -0.1) is 0 Å². The smallest absolute Gasteiger partial charge is 0.260 e. The number of amides is 1. The quantitative estimate of drug-likeness (QED) is 0.413. The zero-order valence-corrected chi connectivity index (χ0v) is 21.5. The minimum absolute atomic E-state index is 0.0259. The highest BCUT2D eigenvalue weighted by molar-refractivity contribution is 5.88. The third kappa shape index (κ3) is 5.12. The van der Waals surface area contributed by atoms with Crippen LogP contribution in [0.15, 0.2) is 24.8 Å². The molecule has 6 rings (SSSR count). The number of nitrogens with one attached hydrogen (secondary N) is 1. The normalized spacial score (nSPS) is 23.4. The van der Waals surface area contributed by atoms with E-state index < -0.39 is 23.8 Å². The molecule has 3 aliphatic rings. The first kappa shape index (κ1) is 25.8. The van der Waals surface area contributed by atoms with Crippen molar-refractivity contribution in [1.82, 2.24) is 29.7 Å². The molecule has 0 bridgehead atoms. The van der Waals surface area contributed by atoms with Gasteiger partial charge >= 0.3 is 0 Å². The van der Waals surface area contributed by atoms with E-state index in [2.05, 4.69) is 20.3 Å². The Bertz CT molecular complexity index is 1410. The van der Waals surface area contributed by atoms with Gasteiger partial charge in [0, 0.05) is 48.9 Å². The lowest BCUT2D eigenvalue weighted by molar-refractivity contribution is -0.125. The molecule has 1 amide bonds. The molecule has 4 heterocycles. The summed E-state index contributed by atoms with van der Waals surface area (Å²) in [4.78, 5) is 29.1. The van der Waals surface area contributed by atoms with Crippen molar-refractivity contribution in [2.24, 2.45) is 5.73 Å². The SMILES string of the molecule is Nc1ncnc2c1ncn2Cc1c(N2CCC(N)(C(=O)NC3CC3)C2)ccc(F)c1CN1CCCC(F)(F)C1. The topological polar surface area (TPSA) is 131 Å². The van der Waals surface area contributed by atoms with Gasteiger partial charge < -0.3 is 26.3 Å². The van der Waals surface area contributed by atoms with E-state index in [9.17, 15) is 13.6 Å². The van der Waals surface area contributed by atoms with Crippen molar-refractivity contribution in [2.75, 3.05) is 36.8 Å². The van der Waals surface area contributed by atoms with Gasteiger partial charge in [-0.25, -0.2) is 28.1 Å². The van der Waals surface area contributed by atoms with Crippen molar-refractivity contribution in [1.29, 1.82) is 0 Å². The van der Waals surface area contributed by atoms with Crippen molar-refractivity contribution in [3.63, 3.8) is 0 Å². The van der Waals surface area contributed by atoms with Gasteiger partial charge in [-0.1, -0.05) is 0 Å². The molecule has 13 heteroatoms.